The molecule has 0 aliphatic carbocycles. The summed E-state index contributed by atoms with van der Waals surface area (Å²) in [6.07, 6.45) is 1.39. The van der Waals surface area contributed by atoms with E-state index < -0.39 is 0 Å². The van der Waals surface area contributed by atoms with E-state index in [2.05, 4.69) is 16.0 Å². The summed E-state index contributed by atoms with van der Waals surface area (Å²) in [7, 11) is 0. The van der Waals surface area contributed by atoms with E-state index in [9.17, 15) is 4.79 Å². The van der Waals surface area contributed by atoms with Crippen LogP contribution >= 0.6 is 0 Å². The summed E-state index contributed by atoms with van der Waals surface area (Å²) in [5, 5.41) is 0. The fourth-order valence-corrected chi connectivity index (χ4v) is 0.744. The number of hydrogen-bond acceptors (Lipinski definition) is 2. The molecule has 0 aliphatic rings. The van der Waals surface area contributed by atoms with E-state index in [1.807, 2.05) is 0 Å². The standard InChI is InChI=1S/C6H5O2Se/c1-4-6(9)5(7)2-3-8-4/h2-3H,1H3. The Hall–Kier alpha value is -0.531. The van der Waals surface area contributed by atoms with Gasteiger partial charge in [-0.05, 0) is 0 Å². The summed E-state index contributed by atoms with van der Waals surface area (Å²) in [6.45, 7) is 1.74. The van der Waals surface area contributed by atoms with Crippen molar-refractivity contribution in [1.82, 2.24) is 0 Å². The minimum absolute atomic E-state index is 0.0150. The van der Waals surface area contributed by atoms with Crippen LogP contribution in [-0.4, -0.2) is 16.0 Å². The van der Waals surface area contributed by atoms with Crippen LogP contribution in [0.25, 0.3) is 0 Å². The van der Waals surface area contributed by atoms with E-state index in [1.165, 1.54) is 12.3 Å². The molecule has 0 fully saturated rings. The second kappa shape index (κ2) is 2.38. The SMILES string of the molecule is Cc1occc(=O)c1[Se]. The Morgan fingerprint density at radius 1 is 1.67 bits per heavy atom. The van der Waals surface area contributed by atoms with Crippen molar-refractivity contribution in [2.45, 2.75) is 6.92 Å². The average molecular weight is 188 g/mol. The molecule has 0 aromatic carbocycles. The van der Waals surface area contributed by atoms with Gasteiger partial charge in [0.15, 0.2) is 0 Å². The quantitative estimate of drug-likeness (QED) is 0.525. The third-order valence-electron chi connectivity index (χ3n) is 1.01. The van der Waals surface area contributed by atoms with Crippen molar-refractivity contribution >= 4 is 20.5 Å². The van der Waals surface area contributed by atoms with E-state index >= 15 is 0 Å². The van der Waals surface area contributed by atoms with E-state index in [0.717, 1.165) is 0 Å². The number of aryl methyl sites for hydroxylation is 1. The van der Waals surface area contributed by atoms with Crippen molar-refractivity contribution in [3.05, 3.63) is 28.3 Å². The Morgan fingerprint density at radius 3 is 2.78 bits per heavy atom. The fraction of sp³-hybridized carbons (Fsp3) is 0.167. The van der Waals surface area contributed by atoms with Crippen LogP contribution in [0.1, 0.15) is 5.76 Å². The molecule has 3 heteroatoms. The maximum atomic E-state index is 10.7. The van der Waals surface area contributed by atoms with Crippen molar-refractivity contribution in [3.8, 4) is 0 Å². The molecule has 0 spiro atoms. The number of rotatable bonds is 0. The normalized spacial score (nSPS) is 9.44. The Labute approximate surface area is 60.7 Å². The second-order valence-electron chi connectivity index (χ2n) is 1.67. The molecule has 0 saturated carbocycles. The van der Waals surface area contributed by atoms with Gasteiger partial charge in [0.1, 0.15) is 0 Å². The molecular weight excluding hydrogens is 183 g/mol. The molecule has 0 atom stereocenters. The van der Waals surface area contributed by atoms with Gasteiger partial charge in [0.2, 0.25) is 0 Å². The van der Waals surface area contributed by atoms with Gasteiger partial charge in [-0.25, -0.2) is 0 Å². The molecule has 0 N–H and O–H groups in total. The van der Waals surface area contributed by atoms with Gasteiger partial charge in [0.25, 0.3) is 0 Å². The van der Waals surface area contributed by atoms with Crippen molar-refractivity contribution < 1.29 is 4.42 Å². The molecule has 1 rings (SSSR count). The second-order valence-corrected chi connectivity index (χ2v) is 2.53. The summed E-state index contributed by atoms with van der Waals surface area (Å²) >= 11 is 2.63. The van der Waals surface area contributed by atoms with Gasteiger partial charge in [-0.2, -0.15) is 0 Å². The molecule has 0 bridgehead atoms. The molecule has 0 saturated heterocycles. The molecule has 0 aliphatic heterocycles. The van der Waals surface area contributed by atoms with Gasteiger partial charge >= 0.3 is 60.1 Å². The van der Waals surface area contributed by atoms with Crippen molar-refractivity contribution in [1.29, 1.82) is 0 Å². The summed E-state index contributed by atoms with van der Waals surface area (Å²) in [5.74, 6) is 0.641. The van der Waals surface area contributed by atoms with Gasteiger partial charge in [-0.15, -0.1) is 0 Å². The van der Waals surface area contributed by atoms with Crippen LogP contribution in [-0.2, 0) is 0 Å². The first-order valence-electron chi connectivity index (χ1n) is 2.47. The molecule has 47 valence electrons. The first-order valence-corrected chi connectivity index (χ1v) is 3.33. The van der Waals surface area contributed by atoms with Crippen LogP contribution in [0.15, 0.2) is 21.5 Å². The van der Waals surface area contributed by atoms with Crippen LogP contribution in [0.5, 0.6) is 0 Å². The van der Waals surface area contributed by atoms with Crippen LogP contribution < -0.4 is 9.89 Å². The molecule has 1 radical (unpaired) electrons. The van der Waals surface area contributed by atoms with Crippen molar-refractivity contribution in [3.63, 3.8) is 0 Å². The topological polar surface area (TPSA) is 30.2 Å². The van der Waals surface area contributed by atoms with Crippen LogP contribution in [0.2, 0.25) is 0 Å². The summed E-state index contributed by atoms with van der Waals surface area (Å²) in [6, 6.07) is 1.39. The molecule has 1 aromatic rings. The van der Waals surface area contributed by atoms with Gasteiger partial charge in [-0.1, -0.05) is 0 Å². The Morgan fingerprint density at radius 2 is 2.33 bits per heavy atom. The summed E-state index contributed by atoms with van der Waals surface area (Å²) in [5.41, 5.74) is -0.0150. The first kappa shape index (κ1) is 6.59. The first-order chi connectivity index (χ1) is 4.22. The van der Waals surface area contributed by atoms with Crippen LogP contribution in [0.3, 0.4) is 0 Å². The molecular formula is C6H5O2Se. The van der Waals surface area contributed by atoms with Crippen molar-refractivity contribution in [2.75, 3.05) is 0 Å². The average Bonchev–Trinajstić information content (AvgIpc) is 1.83. The number of hydrogen-bond donors (Lipinski definition) is 0. The monoisotopic (exact) mass is 189 g/mol. The van der Waals surface area contributed by atoms with Crippen LogP contribution in [0.4, 0.5) is 0 Å². The van der Waals surface area contributed by atoms with E-state index in [0.29, 0.717) is 10.2 Å². The zero-order valence-corrected chi connectivity index (χ0v) is 6.59. The van der Waals surface area contributed by atoms with Gasteiger partial charge < -0.3 is 0 Å². The third kappa shape index (κ3) is 1.23. The zero-order chi connectivity index (χ0) is 6.85. The molecule has 0 unspecified atom stereocenters. The van der Waals surface area contributed by atoms with E-state index in [-0.39, 0.29) is 5.43 Å². The molecule has 1 heterocycles. The van der Waals surface area contributed by atoms with Gasteiger partial charge in [0, 0.05) is 0 Å². The Balaban J connectivity index is 3.43. The fourth-order valence-electron chi connectivity index (χ4n) is 0.501. The predicted octanol–water partition coefficient (Wildman–Crippen LogP) is -0.258. The third-order valence-corrected chi connectivity index (χ3v) is 2.03. The zero-order valence-electron chi connectivity index (χ0n) is 4.88. The molecule has 9 heavy (non-hydrogen) atoms. The predicted molar refractivity (Wildman–Crippen MR) is 35.1 cm³/mol. The molecule has 0 amide bonds. The van der Waals surface area contributed by atoms with E-state index in [1.54, 1.807) is 6.92 Å². The minimum atomic E-state index is -0.0150. The molecule has 2 nitrogen and oxygen atoms in total. The van der Waals surface area contributed by atoms with Crippen molar-refractivity contribution in [2.24, 2.45) is 0 Å². The van der Waals surface area contributed by atoms with Gasteiger partial charge in [0.05, 0.1) is 0 Å². The van der Waals surface area contributed by atoms with E-state index in [4.69, 9.17) is 4.42 Å². The maximum absolute atomic E-state index is 10.7. The summed E-state index contributed by atoms with van der Waals surface area (Å²) < 4.78 is 5.47. The van der Waals surface area contributed by atoms with Crippen LogP contribution in [0, 0.1) is 6.92 Å². The Bertz CT molecular complexity index is 264. The molecule has 1 aromatic heterocycles. The van der Waals surface area contributed by atoms with Gasteiger partial charge in [-0.3, -0.25) is 0 Å². The Kier molecular flexibility index (Phi) is 1.74. The summed E-state index contributed by atoms with van der Waals surface area (Å²) in [4.78, 5) is 10.7.